The zero-order valence-corrected chi connectivity index (χ0v) is 15.9. The van der Waals surface area contributed by atoms with Gasteiger partial charge in [0.05, 0.1) is 31.0 Å². The van der Waals surface area contributed by atoms with Gasteiger partial charge in [-0.1, -0.05) is 18.2 Å². The Balaban J connectivity index is 1.54. The summed E-state index contributed by atoms with van der Waals surface area (Å²) in [5.41, 5.74) is 1.79. The lowest BCUT2D eigenvalue weighted by Gasteiger charge is -2.33. The van der Waals surface area contributed by atoms with E-state index in [9.17, 15) is 13.6 Å². The van der Waals surface area contributed by atoms with Crippen LogP contribution in [0.15, 0.2) is 53.1 Å². The average molecular weight is 415 g/mol. The Bertz CT molecular complexity index is 976. The second kappa shape index (κ2) is 8.95. The first-order chi connectivity index (χ1) is 14.6. The lowest BCUT2D eigenvalue weighted by molar-refractivity contribution is 0.0548. The number of ether oxygens (including phenoxy) is 1. The predicted molar refractivity (Wildman–Crippen MR) is 103 cm³/mol. The van der Waals surface area contributed by atoms with Gasteiger partial charge in [-0.3, -0.25) is 9.88 Å². The summed E-state index contributed by atoms with van der Waals surface area (Å²) in [6, 6.07) is 12.5. The van der Waals surface area contributed by atoms with Crippen molar-refractivity contribution in [1.82, 2.24) is 20.1 Å². The molecule has 4 rings (SSSR count). The lowest BCUT2D eigenvalue weighted by Crippen LogP contribution is -2.48. The Morgan fingerprint density at radius 1 is 1.10 bits per heavy atom. The maximum absolute atomic E-state index is 13.1. The van der Waals surface area contributed by atoms with E-state index in [1.807, 2.05) is 30.3 Å². The van der Waals surface area contributed by atoms with E-state index < -0.39 is 12.3 Å². The van der Waals surface area contributed by atoms with Crippen molar-refractivity contribution in [3.8, 4) is 11.5 Å². The minimum absolute atomic E-state index is 0.0336. The number of benzene rings is 1. The van der Waals surface area contributed by atoms with E-state index in [0.29, 0.717) is 37.6 Å². The van der Waals surface area contributed by atoms with Gasteiger partial charge in [0.15, 0.2) is 0 Å². The van der Waals surface area contributed by atoms with Crippen LogP contribution in [0.4, 0.5) is 19.3 Å². The largest absolute Gasteiger partial charge is 0.415 e. The number of hydrogen-bond acceptors (Lipinski definition) is 6. The number of alkyl halides is 2. The van der Waals surface area contributed by atoms with E-state index in [4.69, 9.17) is 9.15 Å². The summed E-state index contributed by atoms with van der Waals surface area (Å²) in [6.07, 6.45) is -1.37. The monoisotopic (exact) mass is 415 g/mol. The number of pyridine rings is 1. The molecule has 1 aliphatic rings. The van der Waals surface area contributed by atoms with Gasteiger partial charge in [-0.2, -0.15) is 8.78 Å². The molecule has 0 bridgehead atoms. The first-order valence-electron chi connectivity index (χ1n) is 9.38. The van der Waals surface area contributed by atoms with Crippen molar-refractivity contribution in [3.05, 3.63) is 60.2 Å². The molecule has 1 fully saturated rings. The van der Waals surface area contributed by atoms with Crippen LogP contribution in [-0.4, -0.2) is 52.4 Å². The maximum Gasteiger partial charge on any atom is 0.325 e. The van der Waals surface area contributed by atoms with Crippen molar-refractivity contribution < 1.29 is 22.7 Å². The predicted octanol–water partition coefficient (Wildman–Crippen LogP) is 3.53. The van der Waals surface area contributed by atoms with Crippen LogP contribution in [0.3, 0.4) is 0 Å². The van der Waals surface area contributed by atoms with Crippen molar-refractivity contribution in [2.75, 3.05) is 31.2 Å². The second-order valence-electron chi connectivity index (χ2n) is 6.59. The Hall–Kier alpha value is -3.40. The van der Waals surface area contributed by atoms with Crippen LogP contribution >= 0.6 is 0 Å². The molecule has 0 aliphatic carbocycles. The number of halogens is 2. The van der Waals surface area contributed by atoms with Gasteiger partial charge in [0, 0.05) is 25.0 Å². The first-order valence-corrected chi connectivity index (χ1v) is 9.38. The molecule has 8 nitrogen and oxygen atoms in total. The fraction of sp³-hybridized carbons (Fsp3) is 0.300. The van der Waals surface area contributed by atoms with Crippen LogP contribution in [0.25, 0.3) is 11.5 Å². The third kappa shape index (κ3) is 4.43. The molecule has 2 amide bonds. The van der Waals surface area contributed by atoms with Crippen LogP contribution in [0.2, 0.25) is 0 Å². The molecule has 1 saturated heterocycles. The molecule has 3 aromatic rings. The van der Waals surface area contributed by atoms with Gasteiger partial charge < -0.3 is 14.1 Å². The molecule has 0 atom stereocenters. The highest BCUT2D eigenvalue weighted by Crippen LogP contribution is 2.24. The van der Waals surface area contributed by atoms with Crippen LogP contribution in [0.1, 0.15) is 18.0 Å². The molecule has 3 heterocycles. The van der Waals surface area contributed by atoms with Gasteiger partial charge in [-0.25, -0.2) is 4.79 Å². The third-order valence-electron chi connectivity index (χ3n) is 4.60. The van der Waals surface area contributed by atoms with E-state index >= 15 is 0 Å². The summed E-state index contributed by atoms with van der Waals surface area (Å²) >= 11 is 0. The van der Waals surface area contributed by atoms with Crippen LogP contribution in [-0.2, 0) is 11.3 Å². The summed E-state index contributed by atoms with van der Waals surface area (Å²) in [5, 5.41) is 6.93. The highest BCUT2D eigenvalue weighted by atomic mass is 19.3. The van der Waals surface area contributed by atoms with Crippen molar-refractivity contribution in [2.24, 2.45) is 0 Å². The highest BCUT2D eigenvalue weighted by Gasteiger charge is 2.25. The van der Waals surface area contributed by atoms with Gasteiger partial charge in [-0.05, 0) is 24.3 Å². The number of morpholine rings is 1. The van der Waals surface area contributed by atoms with Crippen molar-refractivity contribution >= 4 is 11.7 Å². The van der Waals surface area contributed by atoms with E-state index in [-0.39, 0.29) is 18.5 Å². The molecule has 0 spiro atoms. The molecule has 0 N–H and O–H groups in total. The number of urea groups is 1. The van der Waals surface area contributed by atoms with Crippen molar-refractivity contribution in [2.45, 2.75) is 13.0 Å². The molecule has 156 valence electrons. The maximum atomic E-state index is 13.1. The van der Waals surface area contributed by atoms with E-state index in [1.54, 1.807) is 21.9 Å². The van der Waals surface area contributed by atoms with E-state index in [0.717, 1.165) is 5.69 Å². The number of hydrogen-bond donors (Lipinski definition) is 0. The van der Waals surface area contributed by atoms with Gasteiger partial charge >= 0.3 is 12.5 Å². The number of amides is 2. The molecule has 1 aromatic carbocycles. The van der Waals surface area contributed by atoms with Gasteiger partial charge in [-0.15, -0.1) is 10.2 Å². The Morgan fingerprint density at radius 3 is 2.50 bits per heavy atom. The standard InChI is InChI=1S/C20H19F2N5O3/c21-17(22)19-25-24-18(30-19)14-6-7-15(23-12-14)13-27(16-4-2-1-3-5-16)20(28)26-8-10-29-11-9-26/h1-7,12,17H,8-11,13H2. The summed E-state index contributed by atoms with van der Waals surface area (Å²) in [6.45, 7) is 2.31. The summed E-state index contributed by atoms with van der Waals surface area (Å²) in [5.74, 6) is -0.769. The molecule has 0 radical (unpaired) electrons. The Morgan fingerprint density at radius 2 is 1.87 bits per heavy atom. The molecule has 30 heavy (non-hydrogen) atoms. The number of rotatable bonds is 5. The molecular weight excluding hydrogens is 396 g/mol. The molecule has 0 unspecified atom stereocenters. The van der Waals surface area contributed by atoms with Crippen molar-refractivity contribution in [1.29, 1.82) is 0 Å². The third-order valence-corrected chi connectivity index (χ3v) is 4.60. The zero-order valence-electron chi connectivity index (χ0n) is 15.9. The van der Waals surface area contributed by atoms with Crippen LogP contribution in [0, 0.1) is 0 Å². The Kier molecular flexibility index (Phi) is 5.94. The summed E-state index contributed by atoms with van der Waals surface area (Å²) < 4.78 is 35.5. The minimum Gasteiger partial charge on any atom is -0.415 e. The molecule has 1 aliphatic heterocycles. The molecular formula is C20H19F2N5O3. The van der Waals surface area contributed by atoms with E-state index in [2.05, 4.69) is 15.2 Å². The quantitative estimate of drug-likeness (QED) is 0.634. The number of anilines is 1. The number of para-hydroxylation sites is 1. The zero-order chi connectivity index (χ0) is 20.9. The topological polar surface area (TPSA) is 84.6 Å². The summed E-state index contributed by atoms with van der Waals surface area (Å²) in [7, 11) is 0. The first kappa shape index (κ1) is 19.9. The fourth-order valence-corrected chi connectivity index (χ4v) is 3.05. The number of carbonyl (C=O) groups is 1. The highest BCUT2D eigenvalue weighted by molar-refractivity contribution is 5.92. The number of carbonyl (C=O) groups excluding carboxylic acids is 1. The summed E-state index contributed by atoms with van der Waals surface area (Å²) in [4.78, 5) is 20.9. The SMILES string of the molecule is O=C(N1CCOCC1)N(Cc1ccc(-c2nnc(C(F)F)o2)cn1)c1ccccc1. The minimum atomic E-state index is -2.83. The van der Waals surface area contributed by atoms with Gasteiger partial charge in [0.25, 0.3) is 5.89 Å². The lowest BCUT2D eigenvalue weighted by atomic mass is 10.2. The normalized spacial score (nSPS) is 14.2. The fourth-order valence-electron chi connectivity index (χ4n) is 3.05. The molecule has 10 heteroatoms. The molecule has 2 aromatic heterocycles. The van der Waals surface area contributed by atoms with Gasteiger partial charge in [0.1, 0.15) is 0 Å². The van der Waals surface area contributed by atoms with E-state index in [1.165, 1.54) is 6.20 Å². The number of aromatic nitrogens is 3. The molecule has 0 saturated carbocycles. The smallest absolute Gasteiger partial charge is 0.325 e. The average Bonchev–Trinajstić information content (AvgIpc) is 3.29. The second-order valence-corrected chi connectivity index (χ2v) is 6.59. The Labute approximate surface area is 171 Å². The van der Waals surface area contributed by atoms with Crippen molar-refractivity contribution in [3.63, 3.8) is 0 Å². The van der Waals surface area contributed by atoms with Gasteiger partial charge in [0.2, 0.25) is 5.89 Å². The van der Waals surface area contributed by atoms with Crippen LogP contribution in [0.5, 0.6) is 0 Å². The van der Waals surface area contributed by atoms with Crippen LogP contribution < -0.4 is 4.90 Å². The number of nitrogens with zero attached hydrogens (tertiary/aromatic N) is 5.